The summed E-state index contributed by atoms with van der Waals surface area (Å²) < 4.78 is 0. The molecule has 2 rings (SSSR count). The number of nitrogens with zero attached hydrogens (tertiary/aromatic N) is 2. The van der Waals surface area contributed by atoms with Gasteiger partial charge in [-0.2, -0.15) is 0 Å². The van der Waals surface area contributed by atoms with Crippen molar-refractivity contribution >= 4 is 11.7 Å². The summed E-state index contributed by atoms with van der Waals surface area (Å²) >= 11 is 0. The van der Waals surface area contributed by atoms with E-state index in [2.05, 4.69) is 10.5 Å². The molecule has 5 heteroatoms. The van der Waals surface area contributed by atoms with Crippen LogP contribution in [0.3, 0.4) is 0 Å². The van der Waals surface area contributed by atoms with Gasteiger partial charge in [-0.3, -0.25) is 0 Å². The zero-order chi connectivity index (χ0) is 14.5. The van der Waals surface area contributed by atoms with Crippen LogP contribution in [0.25, 0.3) is 0 Å². The van der Waals surface area contributed by atoms with E-state index in [1.165, 1.54) is 0 Å². The number of rotatable bonds is 4. The lowest BCUT2D eigenvalue weighted by molar-refractivity contribution is 0.0655. The van der Waals surface area contributed by atoms with E-state index in [4.69, 9.17) is 4.84 Å². The Hall–Kier alpha value is -2.04. The highest BCUT2D eigenvalue weighted by molar-refractivity contribution is 6.01. The average molecular weight is 275 g/mol. The van der Waals surface area contributed by atoms with E-state index in [1.807, 2.05) is 44.2 Å². The molecule has 0 saturated heterocycles. The van der Waals surface area contributed by atoms with Crippen LogP contribution in [0.15, 0.2) is 35.5 Å². The van der Waals surface area contributed by atoms with Gasteiger partial charge in [-0.1, -0.05) is 35.5 Å². The molecule has 1 aromatic rings. The van der Waals surface area contributed by atoms with E-state index < -0.39 is 0 Å². The van der Waals surface area contributed by atoms with Crippen LogP contribution in [0.4, 0.5) is 4.79 Å². The molecule has 0 saturated carbocycles. The van der Waals surface area contributed by atoms with Gasteiger partial charge in [0.1, 0.15) is 0 Å². The summed E-state index contributed by atoms with van der Waals surface area (Å²) in [6, 6.07) is 10.0. The highest BCUT2D eigenvalue weighted by atomic mass is 16.6. The molecule has 0 bridgehead atoms. The number of carbonyl (C=O) groups excluding carboxylic acids is 1. The maximum Gasteiger partial charge on any atom is 0.317 e. The maximum atomic E-state index is 11.8. The number of benzene rings is 1. The normalized spacial score (nSPS) is 17.6. The van der Waals surface area contributed by atoms with Gasteiger partial charge < -0.3 is 15.1 Å². The molecule has 1 heterocycles. The van der Waals surface area contributed by atoms with Crippen LogP contribution in [0.5, 0.6) is 0 Å². The van der Waals surface area contributed by atoms with Gasteiger partial charge in [0.15, 0.2) is 6.10 Å². The monoisotopic (exact) mass is 275 g/mol. The van der Waals surface area contributed by atoms with Crippen LogP contribution in [-0.4, -0.2) is 42.4 Å². The second-order valence-corrected chi connectivity index (χ2v) is 5.32. The zero-order valence-corrected chi connectivity index (χ0v) is 12.2. The van der Waals surface area contributed by atoms with E-state index in [9.17, 15) is 4.79 Å². The molecule has 0 unspecified atom stereocenters. The Kier molecular flexibility index (Phi) is 4.61. The fourth-order valence-electron chi connectivity index (χ4n) is 2.07. The van der Waals surface area contributed by atoms with Crippen molar-refractivity contribution in [2.75, 3.05) is 13.6 Å². The van der Waals surface area contributed by atoms with Gasteiger partial charge in [-0.15, -0.1) is 0 Å². The fourth-order valence-corrected chi connectivity index (χ4v) is 2.07. The Morgan fingerprint density at radius 2 is 2.15 bits per heavy atom. The molecule has 1 aromatic carbocycles. The van der Waals surface area contributed by atoms with Gasteiger partial charge in [0.25, 0.3) is 0 Å². The number of urea groups is 1. The number of carbonyl (C=O) groups is 1. The van der Waals surface area contributed by atoms with Crippen molar-refractivity contribution in [1.29, 1.82) is 0 Å². The summed E-state index contributed by atoms with van der Waals surface area (Å²) in [5.41, 5.74) is 2.01. The summed E-state index contributed by atoms with van der Waals surface area (Å²) in [6.45, 7) is 4.40. The molecule has 0 fully saturated rings. The molecule has 1 aliphatic rings. The molecule has 0 radical (unpaired) electrons. The van der Waals surface area contributed by atoms with E-state index in [1.54, 1.807) is 11.9 Å². The smallest absolute Gasteiger partial charge is 0.317 e. The Morgan fingerprint density at radius 3 is 2.80 bits per heavy atom. The summed E-state index contributed by atoms with van der Waals surface area (Å²) in [7, 11) is 1.77. The number of oxime groups is 1. The van der Waals surface area contributed by atoms with E-state index in [0.29, 0.717) is 6.54 Å². The topological polar surface area (TPSA) is 53.9 Å². The predicted octanol–water partition coefficient (Wildman–Crippen LogP) is 2.23. The molecule has 0 aromatic heterocycles. The second-order valence-electron chi connectivity index (χ2n) is 5.32. The van der Waals surface area contributed by atoms with Crippen molar-refractivity contribution in [2.24, 2.45) is 5.16 Å². The minimum atomic E-state index is -0.0863. The van der Waals surface area contributed by atoms with Gasteiger partial charge >= 0.3 is 6.03 Å². The van der Waals surface area contributed by atoms with Crippen molar-refractivity contribution in [2.45, 2.75) is 32.4 Å². The van der Waals surface area contributed by atoms with E-state index in [0.717, 1.165) is 17.7 Å². The van der Waals surface area contributed by atoms with Crippen LogP contribution in [0.2, 0.25) is 0 Å². The molecule has 20 heavy (non-hydrogen) atoms. The van der Waals surface area contributed by atoms with Gasteiger partial charge in [-0.25, -0.2) is 4.79 Å². The first kappa shape index (κ1) is 14.4. The highest BCUT2D eigenvalue weighted by Crippen LogP contribution is 2.17. The zero-order valence-electron chi connectivity index (χ0n) is 12.2. The number of likely N-dealkylation sites (N-methyl/N-ethyl adjacent to an activating group) is 1. The molecule has 0 aliphatic carbocycles. The lowest BCUT2D eigenvalue weighted by atomic mass is 10.1. The van der Waals surface area contributed by atoms with Crippen molar-refractivity contribution in [3.63, 3.8) is 0 Å². The lowest BCUT2D eigenvalue weighted by Crippen LogP contribution is -2.43. The number of hydrogen-bond acceptors (Lipinski definition) is 3. The molecule has 2 amide bonds. The third kappa shape index (κ3) is 3.73. The number of hydrogen-bond donors (Lipinski definition) is 1. The van der Waals surface area contributed by atoms with Gasteiger partial charge in [0.2, 0.25) is 0 Å². The van der Waals surface area contributed by atoms with E-state index >= 15 is 0 Å². The molecular formula is C15H21N3O2. The van der Waals surface area contributed by atoms with Crippen molar-refractivity contribution < 1.29 is 9.63 Å². The first-order valence-corrected chi connectivity index (χ1v) is 6.86. The highest BCUT2D eigenvalue weighted by Gasteiger charge is 2.25. The summed E-state index contributed by atoms with van der Waals surface area (Å²) in [5.74, 6) is 0. The molecule has 1 aliphatic heterocycles. The predicted molar refractivity (Wildman–Crippen MR) is 78.8 cm³/mol. The Bertz CT molecular complexity index is 485. The van der Waals surface area contributed by atoms with Gasteiger partial charge in [0.05, 0.1) is 12.3 Å². The third-order valence-electron chi connectivity index (χ3n) is 3.08. The summed E-state index contributed by atoms with van der Waals surface area (Å²) in [4.78, 5) is 18.9. The standard InChI is InChI=1S/C15H21N3O2/c1-11(2)16-15(19)18(3)10-13-9-14(17-20-13)12-7-5-4-6-8-12/h4-8,11,13H,9-10H2,1-3H3,(H,16,19)/t13-/m0/s1. The first-order chi connectivity index (χ1) is 9.56. The Balaban J connectivity index is 1.85. The van der Waals surface area contributed by atoms with Crippen LogP contribution < -0.4 is 5.32 Å². The number of nitrogens with one attached hydrogen (secondary N) is 1. The molecule has 5 nitrogen and oxygen atoms in total. The molecule has 1 N–H and O–H groups in total. The van der Waals surface area contributed by atoms with Crippen LogP contribution >= 0.6 is 0 Å². The Labute approximate surface area is 119 Å². The Morgan fingerprint density at radius 1 is 1.45 bits per heavy atom. The van der Waals surface area contributed by atoms with E-state index in [-0.39, 0.29) is 18.2 Å². The quantitative estimate of drug-likeness (QED) is 0.916. The summed E-state index contributed by atoms with van der Waals surface area (Å²) in [5, 5.41) is 6.97. The van der Waals surface area contributed by atoms with Crippen molar-refractivity contribution in [3.8, 4) is 0 Å². The lowest BCUT2D eigenvalue weighted by Gasteiger charge is -2.21. The first-order valence-electron chi connectivity index (χ1n) is 6.86. The minimum absolute atomic E-state index is 0.0758. The molecule has 108 valence electrons. The van der Waals surface area contributed by atoms with Gasteiger partial charge in [0, 0.05) is 19.5 Å². The second kappa shape index (κ2) is 6.41. The molecule has 0 spiro atoms. The molecule has 1 atom stereocenters. The average Bonchev–Trinajstić information content (AvgIpc) is 2.87. The van der Waals surface area contributed by atoms with Crippen molar-refractivity contribution in [1.82, 2.24) is 10.2 Å². The molecular weight excluding hydrogens is 254 g/mol. The minimum Gasteiger partial charge on any atom is -0.390 e. The number of amides is 2. The maximum absolute atomic E-state index is 11.8. The largest absolute Gasteiger partial charge is 0.390 e. The van der Waals surface area contributed by atoms with Crippen molar-refractivity contribution in [3.05, 3.63) is 35.9 Å². The third-order valence-corrected chi connectivity index (χ3v) is 3.08. The SMILES string of the molecule is CC(C)NC(=O)N(C)C[C@@H]1CC(c2ccccc2)=NO1. The van der Waals surface area contributed by atoms with Crippen LogP contribution in [0, 0.1) is 0 Å². The van der Waals surface area contributed by atoms with Gasteiger partial charge in [-0.05, 0) is 19.4 Å². The summed E-state index contributed by atoms with van der Waals surface area (Å²) in [6.07, 6.45) is 0.650. The fraction of sp³-hybridized carbons (Fsp3) is 0.467. The van der Waals surface area contributed by atoms with Crippen LogP contribution in [-0.2, 0) is 4.84 Å². The van der Waals surface area contributed by atoms with Crippen LogP contribution in [0.1, 0.15) is 25.8 Å².